The van der Waals surface area contributed by atoms with Gasteiger partial charge in [0.05, 0.1) is 28.7 Å². The molecule has 2 aromatic carbocycles. The maximum Gasteiger partial charge on any atom is 0.258 e. The summed E-state index contributed by atoms with van der Waals surface area (Å²) < 4.78 is 0. The number of amides is 1. The summed E-state index contributed by atoms with van der Waals surface area (Å²) in [5.41, 5.74) is 3.73. The number of aromatic nitrogens is 2. The molecule has 0 saturated carbocycles. The summed E-state index contributed by atoms with van der Waals surface area (Å²) in [7, 11) is 0. The lowest BCUT2D eigenvalue weighted by atomic mass is 9.93. The van der Waals surface area contributed by atoms with Crippen molar-refractivity contribution in [3.63, 3.8) is 0 Å². The molecule has 0 spiro atoms. The van der Waals surface area contributed by atoms with E-state index in [0.29, 0.717) is 22.1 Å². The van der Waals surface area contributed by atoms with Gasteiger partial charge in [0, 0.05) is 5.56 Å². The van der Waals surface area contributed by atoms with Crippen LogP contribution in [0.25, 0.3) is 11.3 Å². The summed E-state index contributed by atoms with van der Waals surface area (Å²) >= 11 is 6.06. The highest BCUT2D eigenvalue weighted by Crippen LogP contribution is 2.30. The topological polar surface area (TPSA) is 84.3 Å². The van der Waals surface area contributed by atoms with E-state index in [0.717, 1.165) is 16.7 Å². The lowest BCUT2D eigenvalue weighted by Gasteiger charge is -2.15. The molecule has 0 fully saturated rings. The van der Waals surface area contributed by atoms with Crippen molar-refractivity contribution in [3.05, 3.63) is 81.5 Å². The number of benzene rings is 2. The zero-order valence-corrected chi connectivity index (χ0v) is 17.1. The number of aryl methyl sites for hydroxylation is 1. The van der Waals surface area contributed by atoms with E-state index in [4.69, 9.17) is 11.6 Å². The van der Waals surface area contributed by atoms with Gasteiger partial charge in [-0.15, -0.1) is 0 Å². The lowest BCUT2D eigenvalue weighted by molar-refractivity contribution is 0.102. The van der Waals surface area contributed by atoms with E-state index in [-0.39, 0.29) is 11.8 Å². The second kappa shape index (κ2) is 8.92. The maximum atomic E-state index is 12.4. The molecule has 148 valence electrons. The first-order valence-corrected chi connectivity index (χ1v) is 9.59. The van der Waals surface area contributed by atoms with Gasteiger partial charge in [-0.05, 0) is 42.2 Å². The van der Waals surface area contributed by atoms with Crippen LogP contribution in [0, 0.1) is 17.7 Å². The molecule has 29 heavy (non-hydrogen) atoms. The van der Waals surface area contributed by atoms with Crippen molar-refractivity contribution in [2.24, 2.45) is 11.1 Å². The lowest BCUT2D eigenvalue weighted by Crippen LogP contribution is -2.13. The number of hydrogen-bond acceptors (Lipinski definition) is 5. The minimum Gasteiger partial charge on any atom is -0.305 e. The number of carbonyl (C=O) groups excluding carboxylic acids is 1. The molecule has 0 aliphatic heterocycles. The summed E-state index contributed by atoms with van der Waals surface area (Å²) in [6.07, 6.45) is 3.08. The molecule has 1 unspecified atom stereocenters. The molecular formula is C22H21ClN4O2. The summed E-state index contributed by atoms with van der Waals surface area (Å²) in [4.78, 5) is 32.3. The van der Waals surface area contributed by atoms with Crippen molar-refractivity contribution in [1.29, 1.82) is 0 Å². The smallest absolute Gasteiger partial charge is 0.258 e. The van der Waals surface area contributed by atoms with Gasteiger partial charge in [0.25, 0.3) is 5.91 Å². The van der Waals surface area contributed by atoms with Gasteiger partial charge in [0.2, 0.25) is 0 Å². The molecular weight excluding hydrogens is 388 g/mol. The zero-order chi connectivity index (χ0) is 21.0. The van der Waals surface area contributed by atoms with Crippen LogP contribution in [-0.4, -0.2) is 15.9 Å². The highest BCUT2D eigenvalue weighted by atomic mass is 35.5. The van der Waals surface area contributed by atoms with E-state index in [1.54, 1.807) is 30.5 Å². The largest absolute Gasteiger partial charge is 0.305 e. The Labute approximate surface area is 174 Å². The van der Waals surface area contributed by atoms with Crippen LogP contribution >= 0.6 is 11.6 Å². The molecule has 0 bridgehead atoms. The SMILES string of the molecule is Cc1ccc(C(N=O)C(C)C)cc1-c1cnc(NC(=O)c2ccccc2Cl)cn1. The fourth-order valence-corrected chi connectivity index (χ4v) is 3.25. The molecule has 1 N–H and O–H groups in total. The van der Waals surface area contributed by atoms with Gasteiger partial charge in [-0.2, -0.15) is 4.91 Å². The molecule has 0 aliphatic rings. The van der Waals surface area contributed by atoms with Crippen LogP contribution in [0.5, 0.6) is 0 Å². The summed E-state index contributed by atoms with van der Waals surface area (Å²) in [6.45, 7) is 5.89. The summed E-state index contributed by atoms with van der Waals surface area (Å²) in [5.74, 6) is 0.0614. The predicted octanol–water partition coefficient (Wildman–Crippen LogP) is 5.82. The first-order chi connectivity index (χ1) is 13.9. The van der Waals surface area contributed by atoms with E-state index in [1.807, 2.05) is 39.0 Å². The molecule has 1 atom stereocenters. The van der Waals surface area contributed by atoms with Crippen LogP contribution in [0.2, 0.25) is 5.02 Å². The van der Waals surface area contributed by atoms with Crippen LogP contribution in [0.3, 0.4) is 0 Å². The molecule has 1 aromatic heterocycles. The number of rotatable bonds is 6. The number of nitrogens with one attached hydrogen (secondary N) is 1. The van der Waals surface area contributed by atoms with E-state index in [1.165, 1.54) is 6.20 Å². The minimum atomic E-state index is -0.420. The third kappa shape index (κ3) is 4.66. The number of anilines is 1. The van der Waals surface area contributed by atoms with Gasteiger partial charge in [0.15, 0.2) is 5.82 Å². The minimum absolute atomic E-state index is 0.0940. The molecule has 0 radical (unpaired) electrons. The Kier molecular flexibility index (Phi) is 6.34. The highest BCUT2D eigenvalue weighted by Gasteiger charge is 2.18. The third-order valence-corrected chi connectivity index (χ3v) is 4.97. The fourth-order valence-electron chi connectivity index (χ4n) is 3.03. The van der Waals surface area contributed by atoms with E-state index in [2.05, 4.69) is 20.5 Å². The predicted molar refractivity (Wildman–Crippen MR) is 115 cm³/mol. The van der Waals surface area contributed by atoms with E-state index in [9.17, 15) is 9.70 Å². The van der Waals surface area contributed by atoms with E-state index >= 15 is 0 Å². The molecule has 0 aliphatic carbocycles. The Bertz CT molecular complexity index is 1040. The van der Waals surface area contributed by atoms with Crippen molar-refractivity contribution in [2.45, 2.75) is 26.8 Å². The summed E-state index contributed by atoms with van der Waals surface area (Å²) in [6, 6.07) is 12.2. The average Bonchev–Trinajstić information content (AvgIpc) is 2.70. The van der Waals surface area contributed by atoms with Crippen LogP contribution in [0.1, 0.15) is 41.4 Å². The number of nitrogens with zero attached hydrogens (tertiary/aromatic N) is 3. The Hall–Kier alpha value is -3.12. The summed E-state index contributed by atoms with van der Waals surface area (Å²) in [5, 5.41) is 6.32. The fraction of sp³-hybridized carbons (Fsp3) is 0.227. The van der Waals surface area contributed by atoms with Crippen LogP contribution in [0.4, 0.5) is 5.82 Å². The second-order valence-electron chi connectivity index (χ2n) is 7.09. The Balaban J connectivity index is 1.84. The number of carbonyl (C=O) groups is 1. The Morgan fingerprint density at radius 2 is 1.86 bits per heavy atom. The molecule has 1 amide bonds. The number of halogens is 1. The molecule has 7 heteroatoms. The van der Waals surface area contributed by atoms with Gasteiger partial charge in [-0.3, -0.25) is 9.78 Å². The van der Waals surface area contributed by atoms with Crippen LogP contribution < -0.4 is 5.32 Å². The molecule has 3 aromatic rings. The van der Waals surface area contributed by atoms with Crippen LogP contribution in [-0.2, 0) is 0 Å². The van der Waals surface area contributed by atoms with Crippen molar-refractivity contribution in [3.8, 4) is 11.3 Å². The first-order valence-electron chi connectivity index (χ1n) is 9.22. The molecule has 1 heterocycles. The first kappa shape index (κ1) is 20.6. The van der Waals surface area contributed by atoms with E-state index < -0.39 is 6.04 Å². The number of hydrogen-bond donors (Lipinski definition) is 1. The van der Waals surface area contributed by atoms with Crippen molar-refractivity contribution < 1.29 is 4.79 Å². The normalized spacial score (nSPS) is 11.9. The monoisotopic (exact) mass is 408 g/mol. The van der Waals surface area contributed by atoms with Gasteiger partial charge in [0.1, 0.15) is 6.04 Å². The van der Waals surface area contributed by atoms with Gasteiger partial charge >= 0.3 is 0 Å². The quantitative estimate of drug-likeness (QED) is 0.520. The molecule has 3 rings (SSSR count). The Morgan fingerprint density at radius 3 is 2.48 bits per heavy atom. The van der Waals surface area contributed by atoms with Crippen molar-refractivity contribution >= 4 is 23.3 Å². The van der Waals surface area contributed by atoms with Crippen molar-refractivity contribution in [1.82, 2.24) is 9.97 Å². The maximum absolute atomic E-state index is 12.4. The Morgan fingerprint density at radius 1 is 1.10 bits per heavy atom. The van der Waals surface area contributed by atoms with Gasteiger partial charge < -0.3 is 5.32 Å². The number of nitroso groups, excluding NO2 is 1. The van der Waals surface area contributed by atoms with Gasteiger partial charge in [-0.1, -0.05) is 54.9 Å². The highest BCUT2D eigenvalue weighted by molar-refractivity contribution is 6.34. The zero-order valence-electron chi connectivity index (χ0n) is 16.4. The molecule has 0 saturated heterocycles. The average molecular weight is 409 g/mol. The second-order valence-corrected chi connectivity index (χ2v) is 7.50. The van der Waals surface area contributed by atoms with Gasteiger partial charge in [-0.25, -0.2) is 4.98 Å². The third-order valence-electron chi connectivity index (χ3n) is 4.64. The molecule has 6 nitrogen and oxygen atoms in total. The van der Waals surface area contributed by atoms with Crippen molar-refractivity contribution in [2.75, 3.05) is 5.32 Å². The standard InChI is InChI=1S/C22H21ClN4O2/c1-13(2)21(27-29)15-9-8-14(3)17(10-15)19-11-25-20(12-24-19)26-22(28)16-6-4-5-7-18(16)23/h4-13,21H,1-3H3,(H,25,26,28). The van der Waals surface area contributed by atoms with Crippen LogP contribution in [0.15, 0.2) is 60.0 Å².